The Hall–Kier alpha value is -0.470. The summed E-state index contributed by atoms with van der Waals surface area (Å²) < 4.78 is 0. The molecule has 2 unspecified atom stereocenters. The van der Waals surface area contributed by atoms with Crippen molar-refractivity contribution in [2.45, 2.75) is 43.9 Å². The van der Waals surface area contributed by atoms with Crippen LogP contribution in [-0.4, -0.2) is 23.6 Å². The summed E-state index contributed by atoms with van der Waals surface area (Å²) in [7, 11) is 0. The van der Waals surface area contributed by atoms with Gasteiger partial charge in [0, 0.05) is 17.8 Å². The molecule has 0 saturated carbocycles. The molecule has 1 nitrogen and oxygen atoms in total. The Morgan fingerprint density at radius 1 is 1.29 bits per heavy atom. The molecular weight excluding hydrogens is 226 g/mol. The number of hydrogen-bond donors (Lipinski definition) is 1. The van der Waals surface area contributed by atoms with E-state index in [2.05, 4.69) is 54.3 Å². The lowest BCUT2D eigenvalue weighted by atomic mass is 10.1. The van der Waals surface area contributed by atoms with Crippen LogP contribution >= 0.6 is 11.8 Å². The molecule has 0 aromatic heterocycles. The number of thioether (sulfide) groups is 1. The van der Waals surface area contributed by atoms with Crippen molar-refractivity contribution >= 4 is 11.8 Å². The Bertz CT molecular complexity index is 306. The highest BCUT2D eigenvalue weighted by Gasteiger charge is 2.14. The van der Waals surface area contributed by atoms with Crippen molar-refractivity contribution in [2.75, 3.05) is 12.3 Å². The van der Waals surface area contributed by atoms with Gasteiger partial charge in [-0.1, -0.05) is 36.8 Å². The molecule has 1 heterocycles. The zero-order chi connectivity index (χ0) is 11.9. The second-order valence-electron chi connectivity index (χ2n) is 4.99. The van der Waals surface area contributed by atoms with Crippen LogP contribution in [0.2, 0.25) is 0 Å². The molecule has 0 spiro atoms. The predicted molar refractivity (Wildman–Crippen MR) is 77.7 cm³/mol. The van der Waals surface area contributed by atoms with Gasteiger partial charge in [0.05, 0.1) is 0 Å². The highest BCUT2D eigenvalue weighted by atomic mass is 32.2. The van der Waals surface area contributed by atoms with Crippen molar-refractivity contribution in [3.63, 3.8) is 0 Å². The zero-order valence-electron chi connectivity index (χ0n) is 10.7. The van der Waals surface area contributed by atoms with Crippen LogP contribution in [0.5, 0.6) is 0 Å². The minimum Gasteiger partial charge on any atom is -0.313 e. The molecule has 0 radical (unpaired) electrons. The monoisotopic (exact) mass is 249 g/mol. The Kier molecular flexibility index (Phi) is 5.40. The van der Waals surface area contributed by atoms with Crippen LogP contribution in [0.3, 0.4) is 0 Å². The van der Waals surface area contributed by atoms with Crippen LogP contribution in [0.15, 0.2) is 30.3 Å². The molecule has 1 aromatic carbocycles. The summed E-state index contributed by atoms with van der Waals surface area (Å²) in [6.07, 6.45) is 5.38. The van der Waals surface area contributed by atoms with Gasteiger partial charge in [0.2, 0.25) is 0 Å². The van der Waals surface area contributed by atoms with Gasteiger partial charge in [0.15, 0.2) is 0 Å². The van der Waals surface area contributed by atoms with E-state index in [0.29, 0.717) is 6.04 Å². The first-order valence-electron chi connectivity index (χ1n) is 6.73. The van der Waals surface area contributed by atoms with E-state index >= 15 is 0 Å². The van der Waals surface area contributed by atoms with Gasteiger partial charge in [-0.25, -0.2) is 0 Å². The third kappa shape index (κ3) is 4.72. The summed E-state index contributed by atoms with van der Waals surface area (Å²) in [4.78, 5) is 0. The van der Waals surface area contributed by atoms with Crippen LogP contribution < -0.4 is 5.32 Å². The summed E-state index contributed by atoms with van der Waals surface area (Å²) in [6, 6.07) is 11.3. The van der Waals surface area contributed by atoms with E-state index in [4.69, 9.17) is 0 Å². The molecule has 1 aliphatic rings. The fourth-order valence-corrected chi connectivity index (χ4v) is 3.59. The fraction of sp³-hybridized carbons (Fsp3) is 0.600. The normalized spacial score (nSPS) is 22.3. The topological polar surface area (TPSA) is 12.0 Å². The number of nitrogens with one attached hydrogen (secondary N) is 1. The Labute approximate surface area is 109 Å². The highest BCUT2D eigenvalue weighted by Crippen LogP contribution is 2.24. The molecule has 1 aromatic rings. The minimum absolute atomic E-state index is 0.583. The number of hydrogen-bond acceptors (Lipinski definition) is 2. The summed E-state index contributed by atoms with van der Waals surface area (Å²) >= 11 is 2.15. The van der Waals surface area contributed by atoms with Crippen LogP contribution in [0.1, 0.15) is 31.7 Å². The molecule has 2 rings (SSSR count). The molecule has 1 aliphatic heterocycles. The van der Waals surface area contributed by atoms with Crippen LogP contribution in [0.25, 0.3) is 0 Å². The molecule has 1 fully saturated rings. The van der Waals surface area contributed by atoms with Gasteiger partial charge in [0.1, 0.15) is 0 Å². The minimum atomic E-state index is 0.583. The molecule has 0 aliphatic carbocycles. The van der Waals surface area contributed by atoms with Gasteiger partial charge in [-0.3, -0.25) is 0 Å². The van der Waals surface area contributed by atoms with E-state index in [1.54, 1.807) is 0 Å². The van der Waals surface area contributed by atoms with Gasteiger partial charge in [-0.05, 0) is 37.5 Å². The molecule has 2 heteroatoms. The molecule has 94 valence electrons. The maximum atomic E-state index is 3.68. The van der Waals surface area contributed by atoms with Gasteiger partial charge in [-0.2, -0.15) is 11.8 Å². The Morgan fingerprint density at radius 2 is 2.12 bits per heavy atom. The van der Waals surface area contributed by atoms with E-state index in [1.165, 1.54) is 37.1 Å². The average molecular weight is 249 g/mol. The smallest absolute Gasteiger partial charge is 0.0172 e. The standard InChI is InChI=1S/C15H23NS/c1-13(11-14-7-3-2-4-8-14)16-12-15-9-5-6-10-17-15/h2-4,7-8,13,15-16H,5-6,9-12H2,1H3. The molecular formula is C15H23NS. The van der Waals surface area contributed by atoms with E-state index in [0.717, 1.165) is 11.7 Å². The molecule has 0 amide bonds. The van der Waals surface area contributed by atoms with Crippen LogP contribution in [0, 0.1) is 0 Å². The van der Waals surface area contributed by atoms with Gasteiger partial charge >= 0.3 is 0 Å². The Morgan fingerprint density at radius 3 is 2.82 bits per heavy atom. The molecule has 17 heavy (non-hydrogen) atoms. The molecule has 1 N–H and O–H groups in total. The maximum Gasteiger partial charge on any atom is 0.0172 e. The van der Waals surface area contributed by atoms with E-state index < -0.39 is 0 Å². The fourth-order valence-electron chi connectivity index (χ4n) is 2.34. The third-order valence-corrected chi connectivity index (χ3v) is 4.75. The van der Waals surface area contributed by atoms with Crippen molar-refractivity contribution in [2.24, 2.45) is 0 Å². The SMILES string of the molecule is CC(Cc1ccccc1)NCC1CCCCS1. The molecule has 0 bridgehead atoms. The average Bonchev–Trinajstić information content (AvgIpc) is 2.39. The van der Waals surface area contributed by atoms with Gasteiger partial charge in [-0.15, -0.1) is 0 Å². The Balaban J connectivity index is 1.68. The molecule has 2 atom stereocenters. The highest BCUT2D eigenvalue weighted by molar-refractivity contribution is 7.99. The largest absolute Gasteiger partial charge is 0.313 e. The number of rotatable bonds is 5. The zero-order valence-corrected chi connectivity index (χ0v) is 11.5. The van der Waals surface area contributed by atoms with Crippen molar-refractivity contribution in [1.29, 1.82) is 0 Å². The maximum absolute atomic E-state index is 3.68. The van der Waals surface area contributed by atoms with Crippen LogP contribution in [-0.2, 0) is 6.42 Å². The third-order valence-electron chi connectivity index (χ3n) is 3.35. The second kappa shape index (κ2) is 7.07. The first kappa shape index (κ1) is 13.0. The summed E-state index contributed by atoms with van der Waals surface area (Å²) in [6.45, 7) is 3.47. The van der Waals surface area contributed by atoms with Crippen LogP contribution in [0.4, 0.5) is 0 Å². The van der Waals surface area contributed by atoms with Gasteiger partial charge in [0.25, 0.3) is 0 Å². The summed E-state index contributed by atoms with van der Waals surface area (Å²) in [5, 5.41) is 4.53. The lowest BCUT2D eigenvalue weighted by molar-refractivity contribution is 0.520. The lowest BCUT2D eigenvalue weighted by Crippen LogP contribution is -2.34. The first-order valence-corrected chi connectivity index (χ1v) is 7.78. The van der Waals surface area contributed by atoms with E-state index in [1.807, 2.05) is 0 Å². The van der Waals surface area contributed by atoms with Crippen molar-refractivity contribution in [3.8, 4) is 0 Å². The van der Waals surface area contributed by atoms with Crippen molar-refractivity contribution in [1.82, 2.24) is 5.32 Å². The summed E-state index contributed by atoms with van der Waals surface area (Å²) in [5.41, 5.74) is 1.43. The second-order valence-corrected chi connectivity index (χ2v) is 6.40. The van der Waals surface area contributed by atoms with Crippen molar-refractivity contribution in [3.05, 3.63) is 35.9 Å². The van der Waals surface area contributed by atoms with E-state index in [-0.39, 0.29) is 0 Å². The first-order chi connectivity index (χ1) is 8.34. The summed E-state index contributed by atoms with van der Waals surface area (Å²) in [5.74, 6) is 1.36. The van der Waals surface area contributed by atoms with Crippen molar-refractivity contribution < 1.29 is 0 Å². The van der Waals surface area contributed by atoms with Gasteiger partial charge < -0.3 is 5.32 Å². The lowest BCUT2D eigenvalue weighted by Gasteiger charge is -2.23. The predicted octanol–water partition coefficient (Wildman–Crippen LogP) is 3.49. The molecule has 1 saturated heterocycles. The van der Waals surface area contributed by atoms with E-state index in [9.17, 15) is 0 Å². The number of benzene rings is 1. The quantitative estimate of drug-likeness (QED) is 0.857.